The Morgan fingerprint density at radius 2 is 1.95 bits per heavy atom. The molecule has 1 heterocycles. The molecule has 0 saturated heterocycles. The van der Waals surface area contributed by atoms with Crippen molar-refractivity contribution in [3.63, 3.8) is 0 Å². The lowest BCUT2D eigenvalue weighted by Crippen LogP contribution is -2.24. The average molecular weight is 255 g/mol. The average Bonchev–Trinajstić information content (AvgIpc) is 2.37. The fraction of sp³-hybridized carbons (Fsp3) is 0.200. The monoisotopic (exact) mass is 255 g/mol. The highest BCUT2D eigenvalue weighted by molar-refractivity contribution is 5.95. The molecule has 3 N–H and O–H groups in total. The summed E-state index contributed by atoms with van der Waals surface area (Å²) < 4.78 is 0. The second kappa shape index (κ2) is 5.52. The molecule has 2 rings (SSSR count). The minimum Gasteiger partial charge on any atom is -0.398 e. The molecule has 98 valence electrons. The maximum Gasteiger partial charge on any atom is 0.253 e. The van der Waals surface area contributed by atoms with Gasteiger partial charge in [0.25, 0.3) is 5.91 Å². The van der Waals surface area contributed by atoms with Gasteiger partial charge >= 0.3 is 0 Å². The van der Waals surface area contributed by atoms with Crippen molar-refractivity contribution < 1.29 is 4.79 Å². The molecule has 2 aromatic rings. The molecule has 0 bridgehead atoms. The molecule has 1 amide bonds. The van der Waals surface area contributed by atoms with E-state index < -0.39 is 0 Å². The van der Waals surface area contributed by atoms with Crippen LogP contribution in [0.15, 0.2) is 36.4 Å². The second-order valence-electron chi connectivity index (χ2n) is 4.47. The number of amides is 1. The minimum atomic E-state index is -0.131. The quantitative estimate of drug-likeness (QED) is 0.826. The maximum atomic E-state index is 12.1. The van der Waals surface area contributed by atoms with Crippen LogP contribution in [0.3, 0.4) is 0 Å². The van der Waals surface area contributed by atoms with Gasteiger partial charge in [0, 0.05) is 17.9 Å². The van der Waals surface area contributed by atoms with Gasteiger partial charge in [-0.25, -0.2) is 0 Å². The fourth-order valence-electron chi connectivity index (χ4n) is 1.89. The van der Waals surface area contributed by atoms with Crippen LogP contribution < -0.4 is 11.1 Å². The number of hydrogen-bond acceptors (Lipinski definition) is 3. The van der Waals surface area contributed by atoms with Gasteiger partial charge in [-0.2, -0.15) is 0 Å². The van der Waals surface area contributed by atoms with Gasteiger partial charge in [-0.3, -0.25) is 9.78 Å². The van der Waals surface area contributed by atoms with E-state index in [2.05, 4.69) is 10.3 Å². The molecule has 0 atom stereocenters. The molecule has 1 aromatic heterocycles. The van der Waals surface area contributed by atoms with Gasteiger partial charge in [0.1, 0.15) is 0 Å². The van der Waals surface area contributed by atoms with E-state index in [1.54, 1.807) is 6.07 Å². The number of anilines is 1. The topological polar surface area (TPSA) is 68.0 Å². The molecule has 0 saturated carbocycles. The van der Waals surface area contributed by atoms with Crippen LogP contribution in [-0.2, 0) is 6.54 Å². The van der Waals surface area contributed by atoms with Crippen LogP contribution in [-0.4, -0.2) is 10.9 Å². The summed E-state index contributed by atoms with van der Waals surface area (Å²) in [5.41, 5.74) is 9.66. The number of rotatable bonds is 3. The maximum absolute atomic E-state index is 12.1. The molecule has 0 unspecified atom stereocenters. The number of nitrogens with one attached hydrogen (secondary N) is 1. The van der Waals surface area contributed by atoms with E-state index in [9.17, 15) is 4.79 Å². The van der Waals surface area contributed by atoms with E-state index in [1.165, 1.54) is 0 Å². The van der Waals surface area contributed by atoms with Gasteiger partial charge in [0.05, 0.1) is 11.3 Å². The smallest absolute Gasteiger partial charge is 0.253 e. The van der Waals surface area contributed by atoms with Crippen LogP contribution in [0, 0.1) is 13.8 Å². The molecule has 0 radical (unpaired) electrons. The first-order valence-electron chi connectivity index (χ1n) is 6.14. The Bertz CT molecular complexity index is 608. The number of nitrogens with zero attached hydrogens (tertiary/aromatic N) is 1. The van der Waals surface area contributed by atoms with E-state index in [0.717, 1.165) is 17.0 Å². The van der Waals surface area contributed by atoms with Gasteiger partial charge in [-0.05, 0) is 37.6 Å². The third-order valence-corrected chi connectivity index (χ3v) is 2.96. The number of carbonyl (C=O) groups is 1. The second-order valence-corrected chi connectivity index (χ2v) is 4.47. The predicted molar refractivity (Wildman–Crippen MR) is 75.7 cm³/mol. The Balaban J connectivity index is 2.08. The van der Waals surface area contributed by atoms with Crippen LogP contribution >= 0.6 is 0 Å². The van der Waals surface area contributed by atoms with Crippen molar-refractivity contribution in [2.75, 3.05) is 5.73 Å². The molecule has 0 aliphatic heterocycles. The highest BCUT2D eigenvalue weighted by Crippen LogP contribution is 2.11. The highest BCUT2D eigenvalue weighted by Gasteiger charge is 2.10. The van der Waals surface area contributed by atoms with E-state index in [4.69, 9.17) is 5.73 Å². The van der Waals surface area contributed by atoms with E-state index >= 15 is 0 Å². The Kier molecular flexibility index (Phi) is 3.80. The zero-order valence-corrected chi connectivity index (χ0v) is 11.1. The fourth-order valence-corrected chi connectivity index (χ4v) is 1.89. The lowest BCUT2D eigenvalue weighted by Gasteiger charge is -2.09. The van der Waals surface area contributed by atoms with E-state index in [-0.39, 0.29) is 5.91 Å². The number of nitrogen functional groups attached to an aromatic ring is 1. The standard InChI is InChI=1S/C15H17N3O/c1-10-7-8-13(11(2)18-10)15(19)17-9-12-5-3-4-6-14(12)16/h3-8H,9,16H2,1-2H3,(H,17,19). The Morgan fingerprint density at radius 1 is 1.21 bits per heavy atom. The number of aromatic nitrogens is 1. The SMILES string of the molecule is Cc1ccc(C(=O)NCc2ccccc2N)c(C)n1. The van der Waals surface area contributed by atoms with Gasteiger partial charge in [0.15, 0.2) is 0 Å². The van der Waals surface area contributed by atoms with Crippen molar-refractivity contribution in [3.05, 3.63) is 58.9 Å². The summed E-state index contributed by atoms with van der Waals surface area (Å²) in [7, 11) is 0. The molecule has 0 aliphatic rings. The van der Waals surface area contributed by atoms with Crippen molar-refractivity contribution in [3.8, 4) is 0 Å². The highest BCUT2D eigenvalue weighted by atomic mass is 16.1. The molecular formula is C15H17N3O. The molecule has 4 heteroatoms. The first-order chi connectivity index (χ1) is 9.08. The molecule has 4 nitrogen and oxygen atoms in total. The normalized spacial score (nSPS) is 10.2. The number of para-hydroxylation sites is 1. The molecule has 0 aliphatic carbocycles. The largest absolute Gasteiger partial charge is 0.398 e. The van der Waals surface area contributed by atoms with Gasteiger partial charge < -0.3 is 11.1 Å². The number of aryl methyl sites for hydroxylation is 2. The molecule has 0 spiro atoms. The van der Waals surface area contributed by atoms with Gasteiger partial charge in [-0.1, -0.05) is 18.2 Å². The Labute approximate surface area is 112 Å². The van der Waals surface area contributed by atoms with Gasteiger partial charge in [-0.15, -0.1) is 0 Å². The summed E-state index contributed by atoms with van der Waals surface area (Å²) in [6.07, 6.45) is 0. The van der Waals surface area contributed by atoms with Crippen molar-refractivity contribution >= 4 is 11.6 Å². The number of pyridine rings is 1. The molecule has 1 aromatic carbocycles. The van der Waals surface area contributed by atoms with Crippen LogP contribution in [0.4, 0.5) is 5.69 Å². The Morgan fingerprint density at radius 3 is 2.63 bits per heavy atom. The number of hydrogen-bond donors (Lipinski definition) is 2. The third-order valence-electron chi connectivity index (χ3n) is 2.96. The summed E-state index contributed by atoms with van der Waals surface area (Å²) in [5.74, 6) is -0.131. The molecule has 19 heavy (non-hydrogen) atoms. The lowest BCUT2D eigenvalue weighted by molar-refractivity contribution is 0.0950. The summed E-state index contributed by atoms with van der Waals surface area (Å²) in [5, 5.41) is 2.86. The predicted octanol–water partition coefficient (Wildman–Crippen LogP) is 2.21. The summed E-state index contributed by atoms with van der Waals surface area (Å²) in [4.78, 5) is 16.4. The van der Waals surface area contributed by atoms with E-state index in [0.29, 0.717) is 17.8 Å². The summed E-state index contributed by atoms with van der Waals surface area (Å²) in [6, 6.07) is 11.1. The van der Waals surface area contributed by atoms with Crippen LogP contribution in [0.5, 0.6) is 0 Å². The van der Waals surface area contributed by atoms with E-state index in [1.807, 2.05) is 44.2 Å². The zero-order valence-electron chi connectivity index (χ0n) is 11.1. The number of benzene rings is 1. The van der Waals surface area contributed by atoms with Crippen molar-refractivity contribution in [2.24, 2.45) is 0 Å². The first kappa shape index (κ1) is 13.1. The van der Waals surface area contributed by atoms with Gasteiger partial charge in [0.2, 0.25) is 0 Å². The molecule has 0 fully saturated rings. The van der Waals surface area contributed by atoms with Crippen LogP contribution in [0.2, 0.25) is 0 Å². The Hall–Kier alpha value is -2.36. The molecular weight excluding hydrogens is 238 g/mol. The summed E-state index contributed by atoms with van der Waals surface area (Å²) >= 11 is 0. The van der Waals surface area contributed by atoms with Crippen LogP contribution in [0.25, 0.3) is 0 Å². The lowest BCUT2D eigenvalue weighted by atomic mass is 10.1. The van der Waals surface area contributed by atoms with Crippen molar-refractivity contribution in [2.45, 2.75) is 20.4 Å². The summed E-state index contributed by atoms with van der Waals surface area (Å²) in [6.45, 7) is 4.15. The minimum absolute atomic E-state index is 0.131. The van der Waals surface area contributed by atoms with Crippen LogP contribution in [0.1, 0.15) is 27.3 Å². The number of nitrogens with two attached hydrogens (primary N) is 1. The third kappa shape index (κ3) is 3.10. The first-order valence-corrected chi connectivity index (χ1v) is 6.14. The zero-order chi connectivity index (χ0) is 13.8. The van der Waals surface area contributed by atoms with Crippen molar-refractivity contribution in [1.82, 2.24) is 10.3 Å². The number of carbonyl (C=O) groups excluding carboxylic acids is 1. The van der Waals surface area contributed by atoms with Crippen molar-refractivity contribution in [1.29, 1.82) is 0 Å².